The van der Waals surface area contributed by atoms with E-state index >= 15 is 0 Å². The number of carbonyl (C=O) groups is 2. The maximum Gasteiger partial charge on any atom is 0.303 e. The topological polar surface area (TPSA) is 54.4 Å². The molecule has 1 rings (SSSR count). The molecule has 0 amide bonds. The van der Waals surface area contributed by atoms with E-state index in [9.17, 15) is 14.0 Å². The second-order valence-corrected chi connectivity index (χ2v) is 2.80. The molecule has 0 saturated heterocycles. The van der Waals surface area contributed by atoms with Crippen LogP contribution in [0.3, 0.4) is 0 Å². The number of carbonyl (C=O) groups excluding carboxylic acids is 1. The molecule has 1 N–H and O–H groups in total. The lowest BCUT2D eigenvalue weighted by Gasteiger charge is -1.99. The first-order valence-electron chi connectivity index (χ1n) is 4.11. The first-order valence-corrected chi connectivity index (χ1v) is 4.11. The molecular formula is C10H9FO3. The molecule has 0 aromatic heterocycles. The maximum atomic E-state index is 13.0. The van der Waals surface area contributed by atoms with E-state index in [-0.39, 0.29) is 18.4 Å². The Bertz CT molecular complexity index is 360. The van der Waals surface area contributed by atoms with Gasteiger partial charge in [0.2, 0.25) is 0 Å². The van der Waals surface area contributed by atoms with E-state index < -0.39 is 17.6 Å². The standard InChI is InChI=1S/C10H9FO3/c11-8-4-2-1-3-7(8)9(12)5-6-10(13)14/h1-4H,5-6H2,(H,13,14). The van der Waals surface area contributed by atoms with E-state index in [1.54, 1.807) is 0 Å². The zero-order valence-electron chi connectivity index (χ0n) is 7.37. The van der Waals surface area contributed by atoms with Gasteiger partial charge in [-0.3, -0.25) is 9.59 Å². The minimum absolute atomic E-state index is 0.0475. The van der Waals surface area contributed by atoms with E-state index in [0.29, 0.717) is 0 Å². The first kappa shape index (κ1) is 10.4. The molecule has 0 unspecified atom stereocenters. The Labute approximate surface area is 80.2 Å². The third-order valence-corrected chi connectivity index (χ3v) is 1.74. The molecule has 4 heteroatoms. The van der Waals surface area contributed by atoms with Crippen molar-refractivity contribution >= 4 is 11.8 Å². The molecular weight excluding hydrogens is 187 g/mol. The van der Waals surface area contributed by atoms with Gasteiger partial charge in [0.15, 0.2) is 5.78 Å². The minimum Gasteiger partial charge on any atom is -0.481 e. The smallest absolute Gasteiger partial charge is 0.303 e. The predicted molar refractivity (Wildman–Crippen MR) is 47.6 cm³/mol. The van der Waals surface area contributed by atoms with Crippen LogP contribution >= 0.6 is 0 Å². The van der Waals surface area contributed by atoms with Crippen LogP contribution in [0.1, 0.15) is 23.2 Å². The van der Waals surface area contributed by atoms with E-state index in [1.807, 2.05) is 0 Å². The molecule has 0 aliphatic carbocycles. The summed E-state index contributed by atoms with van der Waals surface area (Å²) in [6, 6.07) is 5.54. The fraction of sp³-hybridized carbons (Fsp3) is 0.200. The molecule has 14 heavy (non-hydrogen) atoms. The number of halogens is 1. The van der Waals surface area contributed by atoms with Gasteiger partial charge in [-0.2, -0.15) is 0 Å². The highest BCUT2D eigenvalue weighted by molar-refractivity contribution is 5.97. The molecule has 3 nitrogen and oxygen atoms in total. The number of carboxylic acids is 1. The van der Waals surface area contributed by atoms with Crippen molar-refractivity contribution in [2.75, 3.05) is 0 Å². The van der Waals surface area contributed by atoms with Gasteiger partial charge in [0.05, 0.1) is 12.0 Å². The van der Waals surface area contributed by atoms with Crippen LogP contribution in [0.2, 0.25) is 0 Å². The van der Waals surface area contributed by atoms with Crippen molar-refractivity contribution in [1.29, 1.82) is 0 Å². The van der Waals surface area contributed by atoms with Gasteiger partial charge in [0, 0.05) is 6.42 Å². The fourth-order valence-electron chi connectivity index (χ4n) is 1.04. The van der Waals surface area contributed by atoms with Crippen LogP contribution in [0.4, 0.5) is 4.39 Å². The molecule has 0 heterocycles. The highest BCUT2D eigenvalue weighted by Crippen LogP contribution is 2.10. The molecule has 0 atom stereocenters. The van der Waals surface area contributed by atoms with Crippen LogP contribution in [0, 0.1) is 5.82 Å². The van der Waals surface area contributed by atoms with Crippen molar-refractivity contribution < 1.29 is 19.1 Å². The maximum absolute atomic E-state index is 13.0. The summed E-state index contributed by atoms with van der Waals surface area (Å²) in [6.07, 6.45) is -0.441. The van der Waals surface area contributed by atoms with Crippen LogP contribution in [-0.2, 0) is 4.79 Å². The van der Waals surface area contributed by atoms with E-state index in [2.05, 4.69) is 0 Å². The van der Waals surface area contributed by atoms with Crippen LogP contribution in [0.25, 0.3) is 0 Å². The monoisotopic (exact) mass is 196 g/mol. The third-order valence-electron chi connectivity index (χ3n) is 1.74. The zero-order chi connectivity index (χ0) is 10.6. The van der Waals surface area contributed by atoms with Crippen molar-refractivity contribution in [2.24, 2.45) is 0 Å². The Morgan fingerprint density at radius 3 is 2.43 bits per heavy atom. The van der Waals surface area contributed by atoms with E-state index in [0.717, 1.165) is 0 Å². The highest BCUT2D eigenvalue weighted by atomic mass is 19.1. The summed E-state index contributed by atoms with van der Waals surface area (Å²) in [5.41, 5.74) is -0.0475. The fourth-order valence-corrected chi connectivity index (χ4v) is 1.04. The quantitative estimate of drug-likeness (QED) is 0.748. The molecule has 0 aliphatic rings. The average molecular weight is 196 g/mol. The number of aliphatic carboxylic acids is 1. The lowest BCUT2D eigenvalue weighted by atomic mass is 10.1. The molecule has 0 radical (unpaired) electrons. The summed E-state index contributed by atoms with van der Waals surface area (Å²) in [7, 11) is 0. The van der Waals surface area contributed by atoms with E-state index in [1.165, 1.54) is 24.3 Å². The predicted octanol–water partition coefficient (Wildman–Crippen LogP) is 1.87. The Hall–Kier alpha value is -1.71. The van der Waals surface area contributed by atoms with Gasteiger partial charge in [-0.1, -0.05) is 12.1 Å². The Balaban J connectivity index is 2.70. The summed E-state index contributed by atoms with van der Waals surface area (Å²) in [5.74, 6) is -2.15. The molecule has 0 fully saturated rings. The number of hydrogen-bond donors (Lipinski definition) is 1. The van der Waals surface area contributed by atoms with Crippen LogP contribution in [0.5, 0.6) is 0 Å². The average Bonchev–Trinajstić information content (AvgIpc) is 2.15. The molecule has 1 aromatic rings. The summed E-state index contributed by atoms with van der Waals surface area (Å²) in [6.45, 7) is 0. The molecule has 0 bridgehead atoms. The number of hydrogen-bond acceptors (Lipinski definition) is 2. The van der Waals surface area contributed by atoms with Crippen molar-refractivity contribution in [3.05, 3.63) is 35.6 Å². The highest BCUT2D eigenvalue weighted by Gasteiger charge is 2.11. The number of Topliss-reactive ketones (excluding diaryl/α,β-unsaturated/α-hetero) is 1. The van der Waals surface area contributed by atoms with Crippen LogP contribution in [-0.4, -0.2) is 16.9 Å². The van der Waals surface area contributed by atoms with Gasteiger partial charge in [-0.15, -0.1) is 0 Å². The van der Waals surface area contributed by atoms with E-state index in [4.69, 9.17) is 5.11 Å². The van der Waals surface area contributed by atoms with Gasteiger partial charge >= 0.3 is 5.97 Å². The SMILES string of the molecule is O=C(O)CCC(=O)c1ccccc1F. The lowest BCUT2D eigenvalue weighted by Crippen LogP contribution is -2.05. The van der Waals surface area contributed by atoms with Crippen molar-refractivity contribution in [3.63, 3.8) is 0 Å². The molecule has 0 spiro atoms. The van der Waals surface area contributed by atoms with Crippen LogP contribution < -0.4 is 0 Å². The minimum atomic E-state index is -1.06. The van der Waals surface area contributed by atoms with Gasteiger partial charge in [-0.05, 0) is 12.1 Å². The lowest BCUT2D eigenvalue weighted by molar-refractivity contribution is -0.136. The Kier molecular flexibility index (Phi) is 3.34. The summed E-state index contributed by atoms with van der Waals surface area (Å²) in [4.78, 5) is 21.4. The van der Waals surface area contributed by atoms with Crippen molar-refractivity contribution in [2.45, 2.75) is 12.8 Å². The first-order chi connectivity index (χ1) is 6.61. The molecule has 0 aliphatic heterocycles. The number of carboxylic acid groups (broad SMARTS) is 1. The number of rotatable bonds is 4. The van der Waals surface area contributed by atoms with Gasteiger partial charge in [0.1, 0.15) is 5.82 Å². The Morgan fingerprint density at radius 1 is 1.21 bits per heavy atom. The Morgan fingerprint density at radius 2 is 1.86 bits per heavy atom. The summed E-state index contributed by atoms with van der Waals surface area (Å²) >= 11 is 0. The normalized spacial score (nSPS) is 9.79. The van der Waals surface area contributed by atoms with Gasteiger partial charge in [0.25, 0.3) is 0 Å². The summed E-state index contributed by atoms with van der Waals surface area (Å²) < 4.78 is 13.0. The number of ketones is 1. The van der Waals surface area contributed by atoms with Gasteiger partial charge in [-0.25, -0.2) is 4.39 Å². The third kappa shape index (κ3) is 2.65. The second kappa shape index (κ2) is 4.50. The largest absolute Gasteiger partial charge is 0.481 e. The summed E-state index contributed by atoms with van der Waals surface area (Å²) in [5, 5.41) is 8.33. The van der Waals surface area contributed by atoms with Crippen molar-refractivity contribution in [3.8, 4) is 0 Å². The molecule has 1 aromatic carbocycles. The molecule has 74 valence electrons. The zero-order valence-corrected chi connectivity index (χ0v) is 7.37. The van der Waals surface area contributed by atoms with Gasteiger partial charge < -0.3 is 5.11 Å². The number of benzene rings is 1. The van der Waals surface area contributed by atoms with Crippen LogP contribution in [0.15, 0.2) is 24.3 Å². The van der Waals surface area contributed by atoms with Crippen molar-refractivity contribution in [1.82, 2.24) is 0 Å². The second-order valence-electron chi connectivity index (χ2n) is 2.80. The molecule has 0 saturated carbocycles.